The molecule has 1 amide bonds. The molecule has 0 fully saturated rings. The zero-order chi connectivity index (χ0) is 10.2. The van der Waals surface area contributed by atoms with E-state index in [0.717, 1.165) is 5.56 Å². The molecule has 0 saturated carbocycles. The topological polar surface area (TPSA) is 52.4 Å². The minimum atomic E-state index is -0.233. The maximum atomic E-state index is 10.9. The molecule has 0 bridgehead atoms. The molecule has 1 aromatic carbocycles. The number of methoxy groups -OCH3 is 1. The number of carbonyl (C=O) groups is 1. The van der Waals surface area contributed by atoms with Crippen molar-refractivity contribution in [2.45, 2.75) is 6.54 Å². The summed E-state index contributed by atoms with van der Waals surface area (Å²) in [5, 5.41) is 0. The predicted octanol–water partition coefficient (Wildman–Crippen LogP) is 0.469. The van der Waals surface area contributed by atoms with Crippen molar-refractivity contribution in [1.82, 2.24) is 10.9 Å². The molecule has 0 aliphatic carbocycles. The maximum Gasteiger partial charge on any atom is 0.261 e. The number of carbonyl (C=O) groups excluding carboxylic acids is 1. The van der Waals surface area contributed by atoms with Gasteiger partial charge in [0.25, 0.3) is 5.91 Å². The summed E-state index contributed by atoms with van der Waals surface area (Å²) >= 11 is 0. The van der Waals surface area contributed by atoms with E-state index in [4.69, 9.17) is 0 Å². The lowest BCUT2D eigenvalue weighted by atomic mass is 10.2. The van der Waals surface area contributed by atoms with E-state index >= 15 is 0 Å². The molecule has 0 aliphatic rings. The van der Waals surface area contributed by atoms with Crippen molar-refractivity contribution >= 4 is 5.91 Å². The number of rotatable bonds is 5. The van der Waals surface area contributed by atoms with Crippen LogP contribution < -0.4 is 10.9 Å². The Bertz CT molecular complexity index is 275. The van der Waals surface area contributed by atoms with Crippen LogP contribution in [-0.2, 0) is 16.1 Å². The lowest BCUT2D eigenvalue weighted by molar-refractivity contribution is -0.125. The number of ether oxygens (including phenoxy) is 1. The molecule has 0 unspecified atom stereocenters. The molecule has 0 saturated heterocycles. The monoisotopic (exact) mass is 193 g/mol. The van der Waals surface area contributed by atoms with Crippen molar-refractivity contribution in [3.05, 3.63) is 35.9 Å². The zero-order valence-corrected chi connectivity index (χ0v) is 8.06. The van der Waals surface area contributed by atoms with Crippen molar-refractivity contribution in [1.29, 1.82) is 0 Å². The van der Waals surface area contributed by atoms with E-state index in [0.29, 0.717) is 6.54 Å². The van der Waals surface area contributed by atoms with Gasteiger partial charge < -0.3 is 4.74 Å². The van der Waals surface area contributed by atoms with Gasteiger partial charge in [-0.2, -0.15) is 0 Å². The summed E-state index contributed by atoms with van der Waals surface area (Å²) in [5.41, 5.74) is 7.33. The number of hydrogen-bond acceptors (Lipinski definition) is 2. The molecule has 0 heterocycles. The van der Waals surface area contributed by atoms with E-state index in [-0.39, 0.29) is 12.5 Å². The third kappa shape index (κ3) is 4.02. The normalized spacial score (nSPS) is 9.79. The Hall–Kier alpha value is -1.39. The first-order valence-electron chi connectivity index (χ1n) is 4.31. The Morgan fingerprint density at radius 1 is 1.43 bits per heavy atom. The van der Waals surface area contributed by atoms with Gasteiger partial charge in [0.05, 0.1) is 6.54 Å². The Kier molecular flexibility index (Phi) is 4.68. The molecule has 4 nitrogen and oxygen atoms in total. The van der Waals surface area contributed by atoms with Gasteiger partial charge in [-0.05, 0) is 5.56 Å². The van der Waals surface area contributed by atoms with Crippen LogP contribution in [0.25, 0.3) is 0 Å². The van der Waals surface area contributed by atoms with Crippen molar-refractivity contribution in [3.63, 3.8) is 0 Å². The van der Waals surface area contributed by atoms with Gasteiger partial charge in [-0.1, -0.05) is 30.3 Å². The molecule has 75 valence electrons. The van der Waals surface area contributed by atoms with E-state index in [2.05, 4.69) is 15.6 Å². The number of nitrogens with zero attached hydrogens (tertiary/aromatic N) is 1. The van der Waals surface area contributed by atoms with Gasteiger partial charge in [-0.25, -0.2) is 0 Å². The van der Waals surface area contributed by atoms with Gasteiger partial charge in [0.1, 0.15) is 6.61 Å². The van der Waals surface area contributed by atoms with E-state index in [1.807, 2.05) is 30.3 Å². The zero-order valence-electron chi connectivity index (χ0n) is 8.06. The van der Waals surface area contributed by atoms with E-state index in [1.54, 1.807) is 0 Å². The number of amides is 1. The van der Waals surface area contributed by atoms with Gasteiger partial charge in [-0.15, -0.1) is 5.43 Å². The minimum Gasteiger partial charge on any atom is -0.375 e. The van der Waals surface area contributed by atoms with Crippen LogP contribution in [0.4, 0.5) is 0 Å². The average molecular weight is 193 g/mol. The number of benzene rings is 1. The average Bonchev–Trinajstić information content (AvgIpc) is 2.20. The lowest BCUT2D eigenvalue weighted by Gasteiger charge is -2.03. The first kappa shape index (κ1) is 10.7. The second kappa shape index (κ2) is 6.12. The first-order valence-corrected chi connectivity index (χ1v) is 4.31. The maximum absolute atomic E-state index is 10.9. The van der Waals surface area contributed by atoms with Crippen molar-refractivity contribution in [2.75, 3.05) is 13.7 Å². The van der Waals surface area contributed by atoms with Crippen molar-refractivity contribution in [3.8, 4) is 0 Å². The second-order valence-electron chi connectivity index (χ2n) is 2.77. The molecular weight excluding hydrogens is 180 g/mol. The smallest absolute Gasteiger partial charge is 0.261 e. The highest BCUT2D eigenvalue weighted by molar-refractivity contribution is 5.76. The summed E-state index contributed by atoms with van der Waals surface area (Å²) in [6.07, 6.45) is 0. The van der Waals surface area contributed by atoms with Gasteiger partial charge >= 0.3 is 0 Å². The van der Waals surface area contributed by atoms with Crippen molar-refractivity contribution < 1.29 is 9.53 Å². The molecule has 1 N–H and O–H groups in total. The van der Waals surface area contributed by atoms with Gasteiger partial charge in [0.2, 0.25) is 0 Å². The molecule has 0 spiro atoms. The summed E-state index contributed by atoms with van der Waals surface area (Å²) in [6, 6.07) is 9.70. The molecule has 1 rings (SSSR count). The molecule has 1 aromatic rings. The van der Waals surface area contributed by atoms with Crippen LogP contribution in [-0.4, -0.2) is 19.6 Å². The summed E-state index contributed by atoms with van der Waals surface area (Å²) in [6.45, 7) is 0.522. The molecule has 0 aliphatic heterocycles. The quantitative estimate of drug-likeness (QED) is 0.691. The number of hydrogen-bond donors (Lipinski definition) is 1. The number of nitrogens with one attached hydrogen (secondary N) is 1. The molecule has 1 radical (unpaired) electrons. The highest BCUT2D eigenvalue weighted by Crippen LogP contribution is 1.96. The van der Waals surface area contributed by atoms with Crippen LogP contribution in [0.2, 0.25) is 0 Å². The van der Waals surface area contributed by atoms with Crippen LogP contribution in [0.3, 0.4) is 0 Å². The predicted molar refractivity (Wildman–Crippen MR) is 52.3 cm³/mol. The van der Waals surface area contributed by atoms with Gasteiger partial charge in [0, 0.05) is 7.11 Å². The second-order valence-corrected chi connectivity index (χ2v) is 2.77. The fraction of sp³-hybridized carbons (Fsp3) is 0.300. The van der Waals surface area contributed by atoms with E-state index < -0.39 is 0 Å². The Morgan fingerprint density at radius 3 is 2.79 bits per heavy atom. The lowest BCUT2D eigenvalue weighted by Crippen LogP contribution is -2.33. The van der Waals surface area contributed by atoms with Crippen LogP contribution in [0.1, 0.15) is 5.56 Å². The third-order valence-corrected chi connectivity index (χ3v) is 1.58. The van der Waals surface area contributed by atoms with Crippen LogP contribution >= 0.6 is 0 Å². The third-order valence-electron chi connectivity index (χ3n) is 1.58. The summed E-state index contributed by atoms with van der Waals surface area (Å²) in [5.74, 6) is -0.233. The summed E-state index contributed by atoms with van der Waals surface area (Å²) in [7, 11) is 1.47. The molecule has 0 aromatic heterocycles. The van der Waals surface area contributed by atoms with Gasteiger partial charge in [-0.3, -0.25) is 10.2 Å². The van der Waals surface area contributed by atoms with E-state index in [9.17, 15) is 4.79 Å². The Morgan fingerprint density at radius 2 is 2.14 bits per heavy atom. The molecule has 4 heteroatoms. The SMILES string of the molecule is COCC(=O)N[N]Cc1ccccc1. The van der Waals surface area contributed by atoms with Crippen LogP contribution in [0, 0.1) is 0 Å². The fourth-order valence-corrected chi connectivity index (χ4v) is 0.966. The standard InChI is InChI=1S/C10H13N2O2/c1-14-8-10(13)12-11-7-9-5-3-2-4-6-9/h2-6H,7-8H2,1H3,(H,12,13). The first-order chi connectivity index (χ1) is 6.83. The highest BCUT2D eigenvalue weighted by Gasteiger charge is 1.98. The molecular formula is C10H13N2O2. The highest BCUT2D eigenvalue weighted by atomic mass is 16.5. The summed E-state index contributed by atoms with van der Waals surface area (Å²) < 4.78 is 4.63. The van der Waals surface area contributed by atoms with Crippen LogP contribution in [0.5, 0.6) is 0 Å². The Labute approximate surface area is 83.2 Å². The Balaban J connectivity index is 2.19. The van der Waals surface area contributed by atoms with Gasteiger partial charge in [0.15, 0.2) is 0 Å². The van der Waals surface area contributed by atoms with Crippen LogP contribution in [0.15, 0.2) is 30.3 Å². The minimum absolute atomic E-state index is 0.0400. The fourth-order valence-electron chi connectivity index (χ4n) is 0.966. The van der Waals surface area contributed by atoms with E-state index in [1.165, 1.54) is 7.11 Å². The largest absolute Gasteiger partial charge is 0.375 e. The molecule has 14 heavy (non-hydrogen) atoms. The summed E-state index contributed by atoms with van der Waals surface area (Å²) in [4.78, 5) is 10.9. The van der Waals surface area contributed by atoms with Crippen molar-refractivity contribution in [2.24, 2.45) is 0 Å². The molecule has 0 atom stereocenters.